The summed E-state index contributed by atoms with van der Waals surface area (Å²) in [7, 11) is 0. The number of hydrogen-bond acceptors (Lipinski definition) is 4. The molecule has 2 bridgehead atoms. The number of fused-ring (bicyclic) bond motifs is 2. The summed E-state index contributed by atoms with van der Waals surface area (Å²) in [6, 6.07) is 8.83. The van der Waals surface area contributed by atoms with E-state index in [4.69, 9.17) is 14.2 Å². The number of hydrogen-bond donors (Lipinski definition) is 0. The van der Waals surface area contributed by atoms with Crippen molar-refractivity contribution in [3.05, 3.63) is 47.8 Å². The summed E-state index contributed by atoms with van der Waals surface area (Å²) >= 11 is 0. The summed E-state index contributed by atoms with van der Waals surface area (Å²) in [5.41, 5.74) is 0.142. The van der Waals surface area contributed by atoms with Crippen LogP contribution in [0.25, 0.3) is 0 Å². The van der Waals surface area contributed by atoms with E-state index in [0.29, 0.717) is 23.5 Å². The van der Waals surface area contributed by atoms with Crippen molar-refractivity contribution in [2.24, 2.45) is 0 Å². The van der Waals surface area contributed by atoms with Gasteiger partial charge in [0.05, 0.1) is 5.56 Å². The molecule has 2 aromatic carbocycles. The summed E-state index contributed by atoms with van der Waals surface area (Å²) in [5, 5.41) is 0. The van der Waals surface area contributed by atoms with Crippen molar-refractivity contribution in [2.75, 3.05) is 6.79 Å². The number of carbonyl (C=O) groups is 1. The molecule has 1 aliphatic heterocycles. The molecule has 0 spiro atoms. The largest absolute Gasteiger partial charge is 0.457 e. The molecule has 1 aliphatic rings. The molecule has 0 unspecified atom stereocenters. The number of halogens is 1. The lowest BCUT2D eigenvalue weighted by atomic mass is 10.2. The van der Waals surface area contributed by atoms with Crippen LogP contribution in [0, 0.1) is 5.82 Å². The molecule has 0 amide bonds. The zero-order valence-electron chi connectivity index (χ0n) is 9.76. The van der Waals surface area contributed by atoms with Crippen LogP contribution in [-0.4, -0.2) is 13.1 Å². The molecular weight excluding hydrogens is 251 g/mol. The molecule has 4 nitrogen and oxygen atoms in total. The smallest absolute Gasteiger partial charge is 0.231 e. The predicted molar refractivity (Wildman–Crippen MR) is 64.4 cm³/mol. The van der Waals surface area contributed by atoms with Crippen molar-refractivity contribution in [1.29, 1.82) is 0 Å². The van der Waals surface area contributed by atoms with Crippen LogP contribution in [-0.2, 0) is 0 Å². The number of benzene rings is 2. The Bertz CT molecular complexity index is 639. The SMILES string of the molecule is O=Cc1cc(F)ccc1Oc1ccc2cc1OCO2. The average Bonchev–Trinajstić information content (AvgIpc) is 2.44. The lowest BCUT2D eigenvalue weighted by Gasteiger charge is -2.19. The standard InChI is InChI=1S/C14H9FO4/c15-10-1-3-12(9(5-10)7-16)19-13-4-2-11-6-14(13)18-8-17-11/h1-7H,8H2. The van der Waals surface area contributed by atoms with E-state index in [1.54, 1.807) is 18.2 Å². The summed E-state index contributed by atoms with van der Waals surface area (Å²) in [5.74, 6) is 1.43. The Kier molecular flexibility index (Phi) is 2.79. The van der Waals surface area contributed by atoms with Gasteiger partial charge >= 0.3 is 0 Å². The van der Waals surface area contributed by atoms with Crippen molar-refractivity contribution in [3.8, 4) is 23.0 Å². The van der Waals surface area contributed by atoms with E-state index in [-0.39, 0.29) is 18.1 Å². The van der Waals surface area contributed by atoms with Gasteiger partial charge in [0.25, 0.3) is 0 Å². The van der Waals surface area contributed by atoms with Crippen LogP contribution in [0.1, 0.15) is 10.4 Å². The van der Waals surface area contributed by atoms with E-state index in [2.05, 4.69) is 0 Å². The highest BCUT2D eigenvalue weighted by atomic mass is 19.1. The monoisotopic (exact) mass is 260 g/mol. The van der Waals surface area contributed by atoms with Gasteiger partial charge in [-0.05, 0) is 30.3 Å². The molecular formula is C14H9FO4. The highest BCUT2D eigenvalue weighted by Crippen LogP contribution is 2.37. The Labute approximate surface area is 108 Å². The summed E-state index contributed by atoms with van der Waals surface area (Å²) in [4.78, 5) is 10.9. The first-order chi connectivity index (χ1) is 9.26. The van der Waals surface area contributed by atoms with Gasteiger partial charge in [-0.25, -0.2) is 4.39 Å². The van der Waals surface area contributed by atoms with Crippen molar-refractivity contribution in [2.45, 2.75) is 0 Å². The minimum absolute atomic E-state index is 0.113. The third-order valence-corrected chi connectivity index (χ3v) is 2.67. The molecule has 0 radical (unpaired) electrons. The van der Waals surface area contributed by atoms with E-state index >= 15 is 0 Å². The van der Waals surface area contributed by atoms with E-state index < -0.39 is 5.82 Å². The average molecular weight is 260 g/mol. The Hall–Kier alpha value is -2.56. The Morgan fingerprint density at radius 2 is 1.95 bits per heavy atom. The van der Waals surface area contributed by atoms with E-state index in [9.17, 15) is 9.18 Å². The third-order valence-electron chi connectivity index (χ3n) is 2.67. The maximum Gasteiger partial charge on any atom is 0.231 e. The van der Waals surface area contributed by atoms with Crippen LogP contribution in [0.3, 0.4) is 0 Å². The van der Waals surface area contributed by atoms with Crippen LogP contribution in [0.5, 0.6) is 23.0 Å². The normalized spacial score (nSPS) is 12.3. The molecule has 0 aliphatic carbocycles. The highest BCUT2D eigenvalue weighted by Gasteiger charge is 2.14. The predicted octanol–water partition coefficient (Wildman–Crippen LogP) is 3.16. The second-order valence-corrected chi connectivity index (χ2v) is 3.92. The number of rotatable bonds is 3. The number of aldehydes is 1. The van der Waals surface area contributed by atoms with Crippen LogP contribution < -0.4 is 14.2 Å². The summed E-state index contributed by atoms with van der Waals surface area (Å²) in [6.07, 6.45) is 0.544. The lowest BCUT2D eigenvalue weighted by Crippen LogP contribution is -2.10. The molecule has 19 heavy (non-hydrogen) atoms. The zero-order valence-corrected chi connectivity index (χ0v) is 9.76. The highest BCUT2D eigenvalue weighted by molar-refractivity contribution is 5.79. The van der Waals surface area contributed by atoms with Gasteiger partial charge in [-0.15, -0.1) is 0 Å². The van der Waals surface area contributed by atoms with Gasteiger partial charge in [0, 0.05) is 6.07 Å². The number of ether oxygens (including phenoxy) is 3. The van der Waals surface area contributed by atoms with Gasteiger partial charge in [-0.1, -0.05) is 0 Å². The fraction of sp³-hybridized carbons (Fsp3) is 0.0714. The van der Waals surface area contributed by atoms with Gasteiger partial charge in [0.2, 0.25) is 6.79 Å². The molecule has 3 rings (SSSR count). The van der Waals surface area contributed by atoms with E-state index in [0.717, 1.165) is 6.07 Å². The van der Waals surface area contributed by atoms with Crippen molar-refractivity contribution >= 4 is 6.29 Å². The minimum atomic E-state index is -0.490. The second kappa shape index (κ2) is 4.61. The molecule has 5 heteroatoms. The maximum absolute atomic E-state index is 13.0. The molecule has 96 valence electrons. The van der Waals surface area contributed by atoms with Gasteiger partial charge in [-0.2, -0.15) is 0 Å². The maximum atomic E-state index is 13.0. The van der Waals surface area contributed by atoms with E-state index in [1.807, 2.05) is 0 Å². The van der Waals surface area contributed by atoms with Crippen molar-refractivity contribution in [3.63, 3.8) is 0 Å². The molecule has 0 aromatic heterocycles. The first-order valence-electron chi connectivity index (χ1n) is 5.58. The molecule has 0 saturated carbocycles. The summed E-state index contributed by atoms with van der Waals surface area (Å²) in [6.45, 7) is 0.113. The molecule has 1 heterocycles. The van der Waals surface area contributed by atoms with Gasteiger partial charge in [0.15, 0.2) is 17.8 Å². The molecule has 2 aromatic rings. The Morgan fingerprint density at radius 1 is 1.11 bits per heavy atom. The fourth-order valence-corrected chi connectivity index (χ4v) is 1.76. The fourth-order valence-electron chi connectivity index (χ4n) is 1.76. The summed E-state index contributed by atoms with van der Waals surface area (Å²) < 4.78 is 29.1. The second-order valence-electron chi connectivity index (χ2n) is 3.92. The Morgan fingerprint density at radius 3 is 2.79 bits per heavy atom. The number of carbonyl (C=O) groups excluding carboxylic acids is 1. The van der Waals surface area contributed by atoms with Crippen LogP contribution >= 0.6 is 0 Å². The lowest BCUT2D eigenvalue weighted by molar-refractivity contribution is 0.102. The molecule has 0 saturated heterocycles. The first-order valence-corrected chi connectivity index (χ1v) is 5.58. The molecule has 0 fully saturated rings. The zero-order chi connectivity index (χ0) is 13.2. The molecule has 0 N–H and O–H groups in total. The van der Waals surface area contributed by atoms with Gasteiger partial charge < -0.3 is 14.2 Å². The van der Waals surface area contributed by atoms with Crippen molar-refractivity contribution < 1.29 is 23.4 Å². The van der Waals surface area contributed by atoms with Gasteiger partial charge in [-0.3, -0.25) is 4.79 Å². The Balaban J connectivity index is 1.96. The van der Waals surface area contributed by atoms with Gasteiger partial charge in [0.1, 0.15) is 17.3 Å². The van der Waals surface area contributed by atoms with Crippen LogP contribution in [0.15, 0.2) is 36.4 Å². The van der Waals surface area contributed by atoms with Crippen LogP contribution in [0.2, 0.25) is 0 Å². The quantitative estimate of drug-likeness (QED) is 0.795. The minimum Gasteiger partial charge on any atom is -0.457 e. The third kappa shape index (κ3) is 2.22. The van der Waals surface area contributed by atoms with Crippen molar-refractivity contribution in [1.82, 2.24) is 0 Å². The topological polar surface area (TPSA) is 44.8 Å². The molecule has 0 atom stereocenters. The van der Waals surface area contributed by atoms with E-state index in [1.165, 1.54) is 12.1 Å². The first kappa shape index (κ1) is 11.5. The van der Waals surface area contributed by atoms with Crippen LogP contribution in [0.4, 0.5) is 4.39 Å².